The molecule has 51 nitrogen and oxygen atoms in total. The number of carboxylic acid groups (broad SMARTS) is 7. The highest BCUT2D eigenvalue weighted by molar-refractivity contribution is 6.01. The fourth-order valence-corrected chi connectivity index (χ4v) is 11.7. The molecule has 0 spiro atoms. The van der Waals surface area contributed by atoms with E-state index in [0.29, 0.717) is 18.4 Å². The number of carboxylic acids is 7. The van der Waals surface area contributed by atoms with Crippen LogP contribution in [0.15, 0.2) is 60.7 Å². The molecule has 130 heavy (non-hydrogen) atoms. The van der Waals surface area contributed by atoms with Crippen LogP contribution in [0.25, 0.3) is 0 Å². The number of aliphatic carboxylic acids is 7. The fourth-order valence-electron chi connectivity index (χ4n) is 11.7. The molecule has 51 heteroatoms. The second-order valence-corrected chi connectivity index (χ2v) is 30.0. The Hall–Kier alpha value is -14.4. The van der Waals surface area contributed by atoms with Gasteiger partial charge in [-0.1, -0.05) is 74.5 Å². The van der Waals surface area contributed by atoms with E-state index in [1.54, 1.807) is 74.5 Å². The van der Waals surface area contributed by atoms with Crippen LogP contribution in [0.3, 0.4) is 0 Å². The van der Waals surface area contributed by atoms with Crippen molar-refractivity contribution in [2.24, 2.45) is 17.4 Å². The number of aliphatic hydroxyl groups is 1. The number of benzene rings is 2. The van der Waals surface area contributed by atoms with E-state index in [9.17, 15) is 151 Å². The zero-order chi connectivity index (χ0) is 97.9. The van der Waals surface area contributed by atoms with Gasteiger partial charge in [-0.25, -0.2) is 4.79 Å². The lowest BCUT2D eigenvalue weighted by molar-refractivity contribution is -0.144. The molecule has 0 saturated carbocycles. The number of carbonyl (C=O) groups is 24. The van der Waals surface area contributed by atoms with Crippen molar-refractivity contribution in [3.63, 3.8) is 0 Å². The molecule has 0 heterocycles. The normalized spacial score (nSPS) is 13.8. The van der Waals surface area contributed by atoms with Crippen molar-refractivity contribution >= 4 is 142 Å². The molecule has 13 atom stereocenters. The molecule has 0 radical (unpaired) electrons. The van der Waals surface area contributed by atoms with Gasteiger partial charge in [0.05, 0.1) is 45.4 Å². The van der Waals surface area contributed by atoms with Crippen molar-refractivity contribution in [1.29, 1.82) is 0 Å². The number of amides is 17. The first-order chi connectivity index (χ1) is 61.2. The number of carbonyl (C=O) groups excluding carboxylic acids is 17. The second kappa shape index (κ2) is 59.5. The monoisotopic (exact) mass is 1840 g/mol. The molecule has 17 amide bonds. The Kier molecular flexibility index (Phi) is 51.1. The van der Waals surface area contributed by atoms with E-state index in [1.807, 2.05) is 21.3 Å². The van der Waals surface area contributed by atoms with E-state index in [1.165, 1.54) is 6.92 Å². The Morgan fingerprint density at radius 2 is 0.569 bits per heavy atom. The van der Waals surface area contributed by atoms with Crippen molar-refractivity contribution in [3.05, 3.63) is 71.8 Å². The summed E-state index contributed by atoms with van der Waals surface area (Å²) in [5.74, 6) is -29.5. The first kappa shape index (κ1) is 112. The lowest BCUT2D eigenvalue weighted by atomic mass is 10.0. The summed E-state index contributed by atoms with van der Waals surface area (Å²) in [6.07, 6.45) is -7.92. The molecule has 0 aliphatic carbocycles. The SMILES string of the molecule is CC(C)C[C@H](NC(=O)[C@H](CCC(=O)O)NC(=O)[C@H](Cc1ccccc1)NC(=O)[C@H](CCCCN)NC(=O)[C@@H](N)Cc1ccccc1)C(=O)N[C@@H](C)C(=O)NCC(=O)NCC(=O)N[C@@H](C)C(=O)NCC(=O)N[C@@H](CCC(=O)O)C(=O)N[C@@H](CCC(=O)O)C(=O)NCC(=O)N[C@@H](CO)C(=O)NCC(=O)N[C@@H](CCC(=O)O)C(=O)N[C@@H](CCC(=O)O)C(=O)N[C@@H](CCC(=O)O)C(=O)O. The van der Waals surface area contributed by atoms with Crippen LogP contribution in [0, 0.1) is 5.92 Å². The Labute approximate surface area is 742 Å². The largest absolute Gasteiger partial charge is 0.481 e. The Balaban J connectivity index is 2.07. The minimum atomic E-state index is -1.93. The van der Waals surface area contributed by atoms with Crippen LogP contribution >= 0.6 is 0 Å². The van der Waals surface area contributed by atoms with Gasteiger partial charge in [0.25, 0.3) is 0 Å². The highest BCUT2D eigenvalue weighted by atomic mass is 16.4. The lowest BCUT2D eigenvalue weighted by Gasteiger charge is -2.27. The number of unbranched alkanes of at least 4 members (excludes halogenated alkanes) is 1. The van der Waals surface area contributed by atoms with Gasteiger partial charge in [-0.2, -0.15) is 0 Å². The Morgan fingerprint density at radius 1 is 0.285 bits per heavy atom. The minimum absolute atomic E-state index is 0.0805. The van der Waals surface area contributed by atoms with Crippen LogP contribution in [0.1, 0.15) is 142 Å². The number of aliphatic hydroxyl groups excluding tert-OH is 1. The standard InChI is InChI=1S/C79H115N19O32/c1-40(2)31-53(97-76(126)51(22-28-65(113)114)95-78(128)54(33-44-15-9-6-10-16-44)98-72(122)46(17-11-12-30-80)92-69(119)45(81)32-43-13-7-5-8-14-43)77(127)88-42(4)68(118)83-34-56(100)82-35-57(101)87-41(3)67(117)84-36-58(102)89-48(19-25-62(107)108)73(123)93-47(18-24-61(105)106)70(120)85-38-60(104)91-55(39-99)71(121)86-37-59(103)90-49(20-26-63(109)110)74(124)94-50(21-27-64(111)112)75(125)96-52(79(129)130)23-29-66(115)116/h5-10,13-16,40-42,45-55,99H,11-12,17-39,80-81H2,1-4H3,(H,82,100)(H,83,118)(H,84,117)(H,85,120)(H,86,121)(H,87,101)(H,88,127)(H,89,102)(H,90,103)(H,91,104)(H,92,119)(H,93,123)(H,94,124)(H,95,128)(H,96,125)(H,97,126)(H,98,122)(H,105,106)(H,107,108)(H,109,110)(H,111,112)(H,113,114)(H,115,116)(H,129,130)/t41-,42-,45-,46-,47-,48-,49-,50-,51-,52-,53-,54-,55-/m0/s1. The van der Waals surface area contributed by atoms with Crippen LogP contribution in [0.4, 0.5) is 0 Å². The second-order valence-electron chi connectivity index (χ2n) is 30.0. The third-order valence-electron chi connectivity index (χ3n) is 18.7. The van der Waals surface area contributed by atoms with Gasteiger partial charge in [0.2, 0.25) is 100 Å². The maximum absolute atomic E-state index is 14.4. The van der Waals surface area contributed by atoms with Crippen LogP contribution in [-0.4, -0.2) is 307 Å². The molecular formula is C79H115N19O32. The fraction of sp³-hybridized carbons (Fsp3) is 0.544. The summed E-state index contributed by atoms with van der Waals surface area (Å²) < 4.78 is 0. The van der Waals surface area contributed by atoms with Crippen molar-refractivity contribution in [2.45, 2.75) is 222 Å². The van der Waals surface area contributed by atoms with Crippen LogP contribution in [-0.2, 0) is 128 Å². The molecule has 2 aromatic carbocycles. The quantitative estimate of drug-likeness (QED) is 0.0274. The lowest BCUT2D eigenvalue weighted by Crippen LogP contribution is -2.60. The molecule has 0 fully saturated rings. The molecule has 0 saturated heterocycles. The molecule has 2 rings (SSSR count). The number of nitrogens with two attached hydrogens (primary N) is 2. The van der Waals surface area contributed by atoms with E-state index < -0.39 is 337 Å². The van der Waals surface area contributed by atoms with E-state index in [4.69, 9.17) is 16.6 Å². The van der Waals surface area contributed by atoms with Crippen LogP contribution in [0.2, 0.25) is 0 Å². The van der Waals surface area contributed by atoms with Gasteiger partial charge in [0.1, 0.15) is 72.5 Å². The Bertz CT molecular complexity index is 4290. The smallest absolute Gasteiger partial charge is 0.326 e. The predicted octanol–water partition coefficient (Wildman–Crippen LogP) is -9.32. The highest BCUT2D eigenvalue weighted by Gasteiger charge is 2.37. The van der Waals surface area contributed by atoms with E-state index in [0.717, 1.165) is 12.5 Å². The summed E-state index contributed by atoms with van der Waals surface area (Å²) in [6, 6.07) is -3.71. The van der Waals surface area contributed by atoms with Gasteiger partial charge in [-0.15, -0.1) is 0 Å². The molecular weight excluding hydrogens is 1730 g/mol. The number of hydrogen-bond acceptors (Lipinski definition) is 27. The van der Waals surface area contributed by atoms with E-state index in [2.05, 4.69) is 69.1 Å². The molecule has 718 valence electrons. The summed E-state index contributed by atoms with van der Waals surface area (Å²) in [5.41, 5.74) is 13.3. The molecule has 0 aliphatic rings. The van der Waals surface area contributed by atoms with Gasteiger partial charge in [0.15, 0.2) is 0 Å². The molecule has 0 aliphatic heterocycles. The van der Waals surface area contributed by atoms with Gasteiger partial charge >= 0.3 is 41.8 Å². The summed E-state index contributed by atoms with van der Waals surface area (Å²) in [4.78, 5) is 308. The average Bonchev–Trinajstić information content (AvgIpc) is 0.851. The number of hydrogen-bond donors (Lipinski definition) is 27. The number of nitrogens with one attached hydrogen (secondary N) is 17. The van der Waals surface area contributed by atoms with Crippen molar-refractivity contribution < 1.29 is 156 Å². The van der Waals surface area contributed by atoms with Gasteiger partial charge in [-0.3, -0.25) is 110 Å². The number of rotatable bonds is 64. The summed E-state index contributed by atoms with van der Waals surface area (Å²) in [6.45, 7) is -0.0108. The topological polar surface area (TPSA) is 828 Å². The van der Waals surface area contributed by atoms with Crippen molar-refractivity contribution in [3.8, 4) is 0 Å². The predicted molar refractivity (Wildman–Crippen MR) is 446 cm³/mol. The van der Waals surface area contributed by atoms with Crippen molar-refractivity contribution in [1.82, 2.24) is 90.4 Å². The molecule has 0 unspecified atom stereocenters. The summed E-state index contributed by atoms with van der Waals surface area (Å²) in [7, 11) is 0. The minimum Gasteiger partial charge on any atom is -0.481 e. The van der Waals surface area contributed by atoms with Crippen LogP contribution in [0.5, 0.6) is 0 Å². The van der Waals surface area contributed by atoms with Crippen LogP contribution < -0.4 is 102 Å². The zero-order valence-electron chi connectivity index (χ0n) is 71.6. The highest BCUT2D eigenvalue weighted by Crippen LogP contribution is 2.14. The van der Waals surface area contributed by atoms with E-state index in [-0.39, 0.29) is 38.1 Å². The average molecular weight is 1840 g/mol. The molecule has 0 bridgehead atoms. The summed E-state index contributed by atoms with van der Waals surface area (Å²) in [5, 5.41) is 113. The Morgan fingerprint density at radius 3 is 0.954 bits per heavy atom. The molecule has 29 N–H and O–H groups in total. The molecule has 2 aromatic rings. The van der Waals surface area contributed by atoms with Gasteiger partial charge in [-0.05, 0) is 108 Å². The first-order valence-electron chi connectivity index (χ1n) is 40.9. The van der Waals surface area contributed by atoms with Gasteiger partial charge in [0, 0.05) is 44.9 Å². The zero-order valence-corrected chi connectivity index (χ0v) is 71.6. The third kappa shape index (κ3) is 46.7. The van der Waals surface area contributed by atoms with E-state index >= 15 is 0 Å². The maximum Gasteiger partial charge on any atom is 0.326 e. The van der Waals surface area contributed by atoms with Crippen molar-refractivity contribution in [2.75, 3.05) is 45.9 Å². The van der Waals surface area contributed by atoms with Gasteiger partial charge < -0.3 is 143 Å². The third-order valence-corrected chi connectivity index (χ3v) is 18.7. The molecule has 0 aromatic heterocycles. The maximum atomic E-state index is 14.4. The summed E-state index contributed by atoms with van der Waals surface area (Å²) >= 11 is 0. The first-order valence-corrected chi connectivity index (χ1v) is 40.9.